The molecule has 2 unspecified atom stereocenters. The number of carboxylic acid groups (broad SMARTS) is 1. The Hall–Kier alpha value is -2.13. The van der Waals surface area contributed by atoms with Gasteiger partial charge in [-0.05, 0) is 50.2 Å². The molecule has 0 spiro atoms. The number of aliphatic carboxylic acids is 1. The minimum atomic E-state index is -0.597. The molecule has 2 aromatic carbocycles. The lowest BCUT2D eigenvalue weighted by Crippen LogP contribution is -2.37. The van der Waals surface area contributed by atoms with E-state index in [-0.39, 0.29) is 12.1 Å². The van der Waals surface area contributed by atoms with Crippen LogP contribution in [0.25, 0.3) is 0 Å². The molecule has 3 nitrogen and oxygen atoms in total. The van der Waals surface area contributed by atoms with Crippen molar-refractivity contribution in [1.82, 2.24) is 4.90 Å². The molecule has 0 amide bonds. The molecule has 0 bridgehead atoms. The maximum absolute atomic E-state index is 12.0. The smallest absolute Gasteiger partial charge is 0.309 e. The zero-order chi connectivity index (χ0) is 20.9. The molecule has 1 N–H and O–H groups in total. The second-order valence-corrected chi connectivity index (χ2v) is 8.97. The number of carbonyl (C=O) groups is 1. The maximum atomic E-state index is 12.0. The van der Waals surface area contributed by atoms with Gasteiger partial charge in [0.25, 0.3) is 0 Å². The molecule has 0 aliphatic heterocycles. The predicted molar refractivity (Wildman–Crippen MR) is 119 cm³/mol. The first-order chi connectivity index (χ1) is 13.9. The molecular weight excluding hydrogens is 358 g/mol. The third kappa shape index (κ3) is 5.08. The topological polar surface area (TPSA) is 40.5 Å². The van der Waals surface area contributed by atoms with Gasteiger partial charge in [0.15, 0.2) is 0 Å². The summed E-state index contributed by atoms with van der Waals surface area (Å²) in [5.41, 5.74) is 2.09. The fourth-order valence-corrected chi connectivity index (χ4v) is 5.15. The highest BCUT2D eigenvalue weighted by atomic mass is 16.4. The van der Waals surface area contributed by atoms with Gasteiger partial charge >= 0.3 is 5.97 Å². The van der Waals surface area contributed by atoms with E-state index in [2.05, 4.69) is 86.3 Å². The van der Waals surface area contributed by atoms with Gasteiger partial charge in [0.1, 0.15) is 0 Å². The van der Waals surface area contributed by atoms with Crippen LogP contribution < -0.4 is 0 Å². The molecule has 1 fully saturated rings. The van der Waals surface area contributed by atoms with Gasteiger partial charge in [0, 0.05) is 18.6 Å². The average Bonchev–Trinajstić information content (AvgIpc) is 3.22. The molecular formula is C26H35NO2. The largest absolute Gasteiger partial charge is 0.481 e. The Labute approximate surface area is 175 Å². The lowest BCUT2D eigenvalue weighted by Gasteiger charge is -2.38. The molecule has 2 aromatic rings. The van der Waals surface area contributed by atoms with Gasteiger partial charge in [0.05, 0.1) is 5.41 Å². The summed E-state index contributed by atoms with van der Waals surface area (Å²) in [5, 5.41) is 9.91. The molecule has 0 heterocycles. The van der Waals surface area contributed by atoms with E-state index in [1.807, 2.05) is 0 Å². The van der Waals surface area contributed by atoms with Crippen LogP contribution in [0.3, 0.4) is 0 Å². The van der Waals surface area contributed by atoms with E-state index >= 15 is 0 Å². The Bertz CT molecular complexity index is 722. The van der Waals surface area contributed by atoms with Crippen molar-refractivity contribution in [3.63, 3.8) is 0 Å². The highest BCUT2D eigenvalue weighted by Gasteiger charge is 2.42. The third-order valence-corrected chi connectivity index (χ3v) is 6.83. The van der Waals surface area contributed by atoms with Crippen molar-refractivity contribution in [2.45, 2.75) is 65.0 Å². The molecule has 1 aliphatic rings. The van der Waals surface area contributed by atoms with Gasteiger partial charge in [-0.25, -0.2) is 0 Å². The summed E-state index contributed by atoms with van der Waals surface area (Å²) in [7, 11) is 0. The van der Waals surface area contributed by atoms with Gasteiger partial charge in [0.2, 0.25) is 0 Å². The first kappa shape index (κ1) is 21.6. The highest BCUT2D eigenvalue weighted by Crippen LogP contribution is 2.44. The zero-order valence-electron chi connectivity index (χ0n) is 18.1. The summed E-state index contributed by atoms with van der Waals surface area (Å²) in [4.78, 5) is 14.6. The second kappa shape index (κ2) is 9.58. The highest BCUT2D eigenvalue weighted by molar-refractivity contribution is 5.75. The Morgan fingerprint density at radius 1 is 0.897 bits per heavy atom. The molecule has 3 atom stereocenters. The number of carboxylic acids is 1. The van der Waals surface area contributed by atoms with Crippen molar-refractivity contribution in [3.05, 3.63) is 71.8 Å². The molecule has 156 valence electrons. The Balaban J connectivity index is 1.81. The number of rotatable bonds is 9. The Kier molecular flexibility index (Phi) is 7.13. The molecule has 0 radical (unpaired) electrons. The minimum Gasteiger partial charge on any atom is -0.481 e. The first-order valence-electron chi connectivity index (χ1n) is 11.0. The second-order valence-electron chi connectivity index (χ2n) is 8.97. The Morgan fingerprint density at radius 3 is 1.76 bits per heavy atom. The molecule has 3 heteroatoms. The van der Waals surface area contributed by atoms with E-state index in [0.717, 1.165) is 38.6 Å². The van der Waals surface area contributed by atoms with Crippen molar-refractivity contribution in [3.8, 4) is 0 Å². The lowest BCUT2D eigenvalue weighted by molar-refractivity contribution is -0.149. The normalized spacial score (nSPS) is 19.0. The zero-order valence-corrected chi connectivity index (χ0v) is 18.1. The van der Waals surface area contributed by atoms with Crippen molar-refractivity contribution >= 4 is 5.97 Å². The summed E-state index contributed by atoms with van der Waals surface area (Å²) >= 11 is 0. The number of nitrogens with zero attached hydrogens (tertiary/aromatic N) is 1. The molecule has 0 saturated heterocycles. The first-order valence-corrected chi connectivity index (χ1v) is 11.0. The van der Waals surface area contributed by atoms with Crippen LogP contribution in [-0.2, 0) is 4.79 Å². The van der Waals surface area contributed by atoms with Crippen LogP contribution in [0.5, 0.6) is 0 Å². The van der Waals surface area contributed by atoms with Crippen LogP contribution in [0.2, 0.25) is 0 Å². The summed E-state index contributed by atoms with van der Waals surface area (Å²) in [6, 6.07) is 21.8. The standard InChI is InChI=1S/C26H35NO2/c1-20(18-26(25(28)29)16-10-11-17-26)19-27(21(2)23-12-6-4-7-13-23)22(3)24-14-8-5-9-15-24/h4-9,12-15,20-22H,10-11,16-19H2,1-3H3,(H,28,29)/t20-,21?,22?/m0/s1. The van der Waals surface area contributed by atoms with Gasteiger partial charge in [-0.1, -0.05) is 80.4 Å². The van der Waals surface area contributed by atoms with E-state index < -0.39 is 11.4 Å². The molecule has 1 aliphatic carbocycles. The van der Waals surface area contributed by atoms with Crippen LogP contribution >= 0.6 is 0 Å². The fraction of sp³-hybridized carbons (Fsp3) is 0.500. The van der Waals surface area contributed by atoms with Crippen molar-refractivity contribution in [2.75, 3.05) is 6.54 Å². The number of benzene rings is 2. The Morgan fingerprint density at radius 2 is 1.34 bits per heavy atom. The minimum absolute atomic E-state index is 0.262. The molecule has 3 rings (SSSR count). The van der Waals surface area contributed by atoms with Crippen molar-refractivity contribution < 1.29 is 9.90 Å². The predicted octanol–water partition coefficient (Wildman–Crippen LogP) is 6.48. The van der Waals surface area contributed by atoms with Crippen LogP contribution in [0.4, 0.5) is 0 Å². The third-order valence-electron chi connectivity index (χ3n) is 6.83. The fourth-order valence-electron chi connectivity index (χ4n) is 5.15. The number of hydrogen-bond donors (Lipinski definition) is 1. The quantitative estimate of drug-likeness (QED) is 0.530. The average molecular weight is 394 g/mol. The van der Waals surface area contributed by atoms with E-state index in [0.29, 0.717) is 5.92 Å². The van der Waals surface area contributed by atoms with Crippen molar-refractivity contribution in [2.24, 2.45) is 11.3 Å². The monoisotopic (exact) mass is 393 g/mol. The van der Waals surface area contributed by atoms with Crippen LogP contribution in [0.1, 0.15) is 76.1 Å². The molecule has 29 heavy (non-hydrogen) atoms. The van der Waals surface area contributed by atoms with Gasteiger partial charge in [-0.2, -0.15) is 0 Å². The van der Waals surface area contributed by atoms with Crippen LogP contribution in [0, 0.1) is 11.3 Å². The van der Waals surface area contributed by atoms with E-state index in [4.69, 9.17) is 0 Å². The van der Waals surface area contributed by atoms with Crippen molar-refractivity contribution in [1.29, 1.82) is 0 Å². The summed E-state index contributed by atoms with van der Waals surface area (Å²) in [6.45, 7) is 7.65. The van der Waals surface area contributed by atoms with Gasteiger partial charge < -0.3 is 5.11 Å². The van der Waals surface area contributed by atoms with Crippen LogP contribution in [0.15, 0.2) is 60.7 Å². The van der Waals surface area contributed by atoms with E-state index in [9.17, 15) is 9.90 Å². The lowest BCUT2D eigenvalue weighted by atomic mass is 9.78. The van der Waals surface area contributed by atoms with E-state index in [1.165, 1.54) is 11.1 Å². The summed E-state index contributed by atoms with van der Waals surface area (Å²) < 4.78 is 0. The maximum Gasteiger partial charge on any atom is 0.309 e. The molecule has 0 aromatic heterocycles. The van der Waals surface area contributed by atoms with E-state index in [1.54, 1.807) is 0 Å². The van der Waals surface area contributed by atoms with Gasteiger partial charge in [-0.15, -0.1) is 0 Å². The SMILES string of the molecule is CC(c1ccccc1)N(C[C@@H](C)CC1(C(=O)O)CCCC1)C(C)c1ccccc1. The summed E-state index contributed by atoms with van der Waals surface area (Å²) in [6.07, 6.45) is 4.51. The van der Waals surface area contributed by atoms with Crippen LogP contribution in [-0.4, -0.2) is 22.5 Å². The summed E-state index contributed by atoms with van der Waals surface area (Å²) in [5.74, 6) is -0.276. The molecule has 1 saturated carbocycles. The number of hydrogen-bond acceptors (Lipinski definition) is 2. The van der Waals surface area contributed by atoms with Gasteiger partial charge in [-0.3, -0.25) is 9.69 Å².